The van der Waals surface area contributed by atoms with Crippen molar-refractivity contribution in [2.45, 2.75) is 20.0 Å². The van der Waals surface area contributed by atoms with Crippen LogP contribution in [0, 0.1) is 13.8 Å². The monoisotopic (exact) mass is 418 g/mol. The smallest absolute Gasteiger partial charge is 0.383 e. The van der Waals surface area contributed by atoms with Gasteiger partial charge >= 0.3 is 12.2 Å². The maximum atomic E-state index is 12.3. The zero-order valence-corrected chi connectivity index (χ0v) is 16.5. The molecule has 0 aliphatic carbocycles. The van der Waals surface area contributed by atoms with E-state index in [1.165, 1.54) is 17.3 Å². The van der Waals surface area contributed by atoms with Crippen molar-refractivity contribution in [1.82, 2.24) is 15.5 Å². The molecular formula is C18H25F3N4O4. The Morgan fingerprint density at radius 3 is 2.38 bits per heavy atom. The number of ether oxygens (including phenoxy) is 1. The number of methoxy groups -OCH3 is 1. The topological polar surface area (TPSA) is 99.8 Å². The van der Waals surface area contributed by atoms with Crippen molar-refractivity contribution in [3.05, 3.63) is 29.3 Å². The highest BCUT2D eigenvalue weighted by Crippen LogP contribution is 2.17. The molecule has 162 valence electrons. The molecule has 0 spiro atoms. The van der Waals surface area contributed by atoms with Gasteiger partial charge in [-0.1, -0.05) is 12.1 Å². The number of nitrogens with one attached hydrogen (secondary N) is 3. The van der Waals surface area contributed by atoms with Crippen LogP contribution in [0.2, 0.25) is 0 Å². The number of imide groups is 1. The average molecular weight is 418 g/mol. The summed E-state index contributed by atoms with van der Waals surface area (Å²) in [4.78, 5) is 37.0. The summed E-state index contributed by atoms with van der Waals surface area (Å²) in [5.41, 5.74) is 2.55. The van der Waals surface area contributed by atoms with Crippen LogP contribution < -0.4 is 16.0 Å². The Bertz CT molecular complexity index is 726. The summed E-state index contributed by atoms with van der Waals surface area (Å²) in [5.74, 6) is -1.23. The molecule has 0 atom stereocenters. The molecule has 1 aromatic rings. The first-order valence-corrected chi connectivity index (χ1v) is 8.73. The van der Waals surface area contributed by atoms with Gasteiger partial charge in [0.25, 0.3) is 0 Å². The standard InChI is InChI=1S/C18H25F3N4O4/c1-12-5-4-6-14(13(12)2)23-15(26)9-25(7-8-29-3)10-16(27)24-17(28)22-11-18(19,20)21/h4-6H,7-11H2,1-3H3,(H,23,26)(H2,22,24,27,28). The van der Waals surface area contributed by atoms with Crippen molar-refractivity contribution in [2.24, 2.45) is 0 Å². The second-order valence-electron chi connectivity index (χ2n) is 6.35. The van der Waals surface area contributed by atoms with Crippen LogP contribution in [-0.4, -0.2) is 68.8 Å². The molecule has 0 bridgehead atoms. The Balaban J connectivity index is 2.62. The Morgan fingerprint density at radius 2 is 1.76 bits per heavy atom. The van der Waals surface area contributed by atoms with E-state index >= 15 is 0 Å². The molecule has 11 heteroatoms. The number of amides is 4. The lowest BCUT2D eigenvalue weighted by atomic mass is 10.1. The van der Waals surface area contributed by atoms with E-state index in [-0.39, 0.29) is 32.1 Å². The van der Waals surface area contributed by atoms with E-state index in [9.17, 15) is 27.6 Å². The Kier molecular flexibility index (Phi) is 9.56. The minimum atomic E-state index is -4.59. The van der Waals surface area contributed by atoms with Crippen LogP contribution in [-0.2, 0) is 14.3 Å². The predicted octanol–water partition coefficient (Wildman–Crippen LogP) is 1.58. The third kappa shape index (κ3) is 9.90. The zero-order chi connectivity index (χ0) is 22.0. The maximum absolute atomic E-state index is 12.3. The Morgan fingerprint density at radius 1 is 1.10 bits per heavy atom. The molecule has 0 unspecified atom stereocenters. The number of benzene rings is 1. The van der Waals surface area contributed by atoms with E-state index in [2.05, 4.69) is 5.32 Å². The highest BCUT2D eigenvalue weighted by atomic mass is 19.4. The summed E-state index contributed by atoms with van der Waals surface area (Å²) >= 11 is 0. The molecule has 0 aliphatic heterocycles. The maximum Gasteiger partial charge on any atom is 0.405 e. The molecule has 0 radical (unpaired) electrons. The van der Waals surface area contributed by atoms with Crippen molar-refractivity contribution in [3.8, 4) is 0 Å². The van der Waals surface area contributed by atoms with Gasteiger partial charge in [0.1, 0.15) is 6.54 Å². The van der Waals surface area contributed by atoms with Gasteiger partial charge in [-0.05, 0) is 31.0 Å². The number of carbonyl (C=O) groups is 3. The minimum absolute atomic E-state index is 0.172. The number of urea groups is 1. The van der Waals surface area contributed by atoms with Gasteiger partial charge in [-0.15, -0.1) is 0 Å². The van der Waals surface area contributed by atoms with Crippen LogP contribution >= 0.6 is 0 Å². The quantitative estimate of drug-likeness (QED) is 0.566. The highest BCUT2D eigenvalue weighted by Gasteiger charge is 2.28. The first kappa shape index (κ1) is 24.4. The second-order valence-corrected chi connectivity index (χ2v) is 6.35. The number of anilines is 1. The second kappa shape index (κ2) is 11.4. The largest absolute Gasteiger partial charge is 0.405 e. The van der Waals surface area contributed by atoms with Gasteiger partial charge in [0.05, 0.1) is 19.7 Å². The van der Waals surface area contributed by atoms with E-state index in [0.717, 1.165) is 11.1 Å². The van der Waals surface area contributed by atoms with Gasteiger partial charge in [-0.2, -0.15) is 13.2 Å². The molecular weight excluding hydrogens is 393 g/mol. The third-order valence-electron chi connectivity index (χ3n) is 3.93. The van der Waals surface area contributed by atoms with Crippen molar-refractivity contribution in [2.75, 3.05) is 45.2 Å². The van der Waals surface area contributed by atoms with Gasteiger partial charge < -0.3 is 15.4 Å². The number of alkyl halides is 3. The van der Waals surface area contributed by atoms with Crippen molar-refractivity contribution < 1.29 is 32.3 Å². The van der Waals surface area contributed by atoms with Crippen LogP contribution in [0.15, 0.2) is 18.2 Å². The molecule has 1 rings (SSSR count). The number of hydrogen-bond acceptors (Lipinski definition) is 5. The van der Waals surface area contributed by atoms with E-state index in [1.807, 2.05) is 19.9 Å². The number of rotatable bonds is 9. The predicted molar refractivity (Wildman–Crippen MR) is 100 cm³/mol. The van der Waals surface area contributed by atoms with Crippen molar-refractivity contribution in [1.29, 1.82) is 0 Å². The number of halogens is 3. The molecule has 0 fully saturated rings. The van der Waals surface area contributed by atoms with E-state index in [4.69, 9.17) is 4.74 Å². The van der Waals surface area contributed by atoms with Gasteiger partial charge in [0.2, 0.25) is 11.8 Å². The summed E-state index contributed by atoms with van der Waals surface area (Å²) in [6, 6.07) is 4.19. The lowest BCUT2D eigenvalue weighted by Crippen LogP contribution is -2.48. The Labute approximate surface area is 166 Å². The van der Waals surface area contributed by atoms with Gasteiger partial charge in [0, 0.05) is 19.3 Å². The molecule has 0 aliphatic rings. The molecule has 0 saturated heterocycles. The summed E-state index contributed by atoms with van der Waals surface area (Å²) in [6.07, 6.45) is -4.59. The Hall–Kier alpha value is -2.66. The summed E-state index contributed by atoms with van der Waals surface area (Å²) < 4.78 is 41.2. The molecule has 0 heterocycles. The van der Waals surface area contributed by atoms with Gasteiger partial charge in [-0.25, -0.2) is 4.79 Å². The van der Waals surface area contributed by atoms with Crippen LogP contribution in [0.25, 0.3) is 0 Å². The fourth-order valence-electron chi connectivity index (χ4n) is 2.31. The highest BCUT2D eigenvalue weighted by molar-refractivity contribution is 5.96. The van der Waals surface area contributed by atoms with Crippen LogP contribution in [0.4, 0.5) is 23.7 Å². The normalized spacial score (nSPS) is 11.3. The molecule has 1 aromatic carbocycles. The third-order valence-corrected chi connectivity index (χ3v) is 3.93. The van der Waals surface area contributed by atoms with Gasteiger partial charge in [-0.3, -0.25) is 19.8 Å². The summed E-state index contributed by atoms with van der Waals surface area (Å²) in [5, 5.41) is 6.08. The number of aryl methyl sites for hydroxylation is 1. The molecule has 0 saturated carbocycles. The number of carbonyl (C=O) groups excluding carboxylic acids is 3. The molecule has 4 amide bonds. The number of hydrogen-bond donors (Lipinski definition) is 3. The SMILES string of the molecule is COCCN(CC(=O)NC(=O)NCC(F)(F)F)CC(=O)Nc1cccc(C)c1C. The fraction of sp³-hybridized carbons (Fsp3) is 0.500. The fourth-order valence-corrected chi connectivity index (χ4v) is 2.31. The first-order chi connectivity index (χ1) is 13.5. The van der Waals surface area contributed by atoms with E-state index in [0.29, 0.717) is 5.69 Å². The lowest BCUT2D eigenvalue weighted by molar-refractivity contribution is -0.125. The lowest BCUT2D eigenvalue weighted by Gasteiger charge is -2.21. The molecule has 29 heavy (non-hydrogen) atoms. The minimum Gasteiger partial charge on any atom is -0.383 e. The van der Waals surface area contributed by atoms with Crippen LogP contribution in [0.1, 0.15) is 11.1 Å². The number of nitrogens with zero attached hydrogens (tertiary/aromatic N) is 1. The van der Waals surface area contributed by atoms with E-state index < -0.39 is 24.7 Å². The van der Waals surface area contributed by atoms with Crippen molar-refractivity contribution in [3.63, 3.8) is 0 Å². The van der Waals surface area contributed by atoms with Crippen molar-refractivity contribution >= 4 is 23.5 Å². The van der Waals surface area contributed by atoms with Gasteiger partial charge in [0.15, 0.2) is 0 Å². The molecule has 8 nitrogen and oxygen atoms in total. The average Bonchev–Trinajstić information content (AvgIpc) is 2.61. The van der Waals surface area contributed by atoms with Crippen LogP contribution in [0.5, 0.6) is 0 Å². The summed E-state index contributed by atoms with van der Waals surface area (Å²) in [7, 11) is 1.44. The zero-order valence-electron chi connectivity index (χ0n) is 16.5. The van der Waals surface area contributed by atoms with E-state index in [1.54, 1.807) is 17.4 Å². The summed E-state index contributed by atoms with van der Waals surface area (Å²) in [6.45, 7) is 2.08. The molecule has 3 N–H and O–H groups in total. The van der Waals surface area contributed by atoms with Crippen LogP contribution in [0.3, 0.4) is 0 Å². The first-order valence-electron chi connectivity index (χ1n) is 8.73. The molecule has 0 aromatic heterocycles.